The minimum atomic E-state index is 0.201. The third-order valence-electron chi connectivity index (χ3n) is 2.62. The van der Waals surface area contributed by atoms with E-state index in [1.54, 1.807) is 0 Å². The van der Waals surface area contributed by atoms with Gasteiger partial charge in [0.1, 0.15) is 0 Å². The Kier molecular flexibility index (Phi) is 2.94. The van der Waals surface area contributed by atoms with Crippen LogP contribution in [0, 0.1) is 5.92 Å². The van der Waals surface area contributed by atoms with Crippen LogP contribution in [-0.4, -0.2) is 12.2 Å². The van der Waals surface area contributed by atoms with Crippen LogP contribution in [0.15, 0.2) is 0 Å². The van der Waals surface area contributed by atoms with Crippen molar-refractivity contribution in [2.45, 2.75) is 52.1 Å². The first kappa shape index (κ1) is 9.05. The van der Waals surface area contributed by atoms with Gasteiger partial charge < -0.3 is 4.74 Å². The molecule has 1 nitrogen and oxygen atoms in total. The highest BCUT2D eigenvalue weighted by molar-refractivity contribution is 4.80. The smallest absolute Gasteiger partial charge is 0.0657 e. The fraction of sp³-hybridized carbons (Fsp3) is 1.00. The van der Waals surface area contributed by atoms with Crippen molar-refractivity contribution in [2.24, 2.45) is 5.92 Å². The van der Waals surface area contributed by atoms with Crippen molar-refractivity contribution in [3.8, 4) is 0 Å². The number of rotatable bonds is 2. The quantitative estimate of drug-likeness (QED) is 0.597. The molecule has 11 heavy (non-hydrogen) atoms. The summed E-state index contributed by atoms with van der Waals surface area (Å²) in [6, 6.07) is 0. The normalized spacial score (nSPS) is 39.0. The monoisotopic (exact) mass is 156 g/mol. The van der Waals surface area contributed by atoms with Crippen LogP contribution in [-0.2, 0) is 4.74 Å². The van der Waals surface area contributed by atoms with E-state index in [9.17, 15) is 0 Å². The summed E-state index contributed by atoms with van der Waals surface area (Å²) in [6.45, 7) is 7.79. The van der Waals surface area contributed by atoms with Crippen LogP contribution < -0.4 is 0 Å². The second-order valence-electron chi connectivity index (χ2n) is 4.15. The van der Waals surface area contributed by atoms with Gasteiger partial charge in [-0.25, -0.2) is 0 Å². The van der Waals surface area contributed by atoms with Gasteiger partial charge in [-0.05, 0) is 32.1 Å². The average Bonchev–Trinajstić information content (AvgIpc) is 1.86. The molecule has 0 aliphatic carbocycles. The molecule has 0 aromatic heterocycles. The van der Waals surface area contributed by atoms with Crippen molar-refractivity contribution >= 4 is 0 Å². The molecule has 0 saturated carbocycles. The molecule has 2 atom stereocenters. The lowest BCUT2D eigenvalue weighted by atomic mass is 9.85. The topological polar surface area (TPSA) is 9.23 Å². The third-order valence-corrected chi connectivity index (χ3v) is 2.62. The molecule has 0 radical (unpaired) electrons. The molecule has 1 aliphatic heterocycles. The molecule has 1 aliphatic rings. The molecule has 0 bridgehead atoms. The summed E-state index contributed by atoms with van der Waals surface area (Å²) in [5, 5.41) is 0. The summed E-state index contributed by atoms with van der Waals surface area (Å²) < 4.78 is 5.78. The van der Waals surface area contributed by atoms with Gasteiger partial charge in [-0.1, -0.05) is 20.3 Å². The summed E-state index contributed by atoms with van der Waals surface area (Å²) in [6.07, 6.45) is 4.96. The highest BCUT2D eigenvalue weighted by atomic mass is 16.5. The number of hydrogen-bond acceptors (Lipinski definition) is 1. The van der Waals surface area contributed by atoms with Gasteiger partial charge >= 0.3 is 0 Å². The summed E-state index contributed by atoms with van der Waals surface area (Å²) in [7, 11) is 0. The van der Waals surface area contributed by atoms with E-state index in [1.807, 2.05) is 0 Å². The van der Waals surface area contributed by atoms with Crippen LogP contribution in [0.4, 0.5) is 0 Å². The molecule has 1 saturated heterocycles. The standard InChI is InChI=1S/C10H20O/c1-4-6-10(3)8-9(2)5-7-11-10/h9H,4-8H2,1-3H3/t9-,10+/m1/s1. The van der Waals surface area contributed by atoms with Gasteiger partial charge in [-0.3, -0.25) is 0 Å². The molecular formula is C10H20O. The van der Waals surface area contributed by atoms with E-state index in [1.165, 1.54) is 25.7 Å². The van der Waals surface area contributed by atoms with Crippen LogP contribution in [0.1, 0.15) is 46.5 Å². The Morgan fingerprint density at radius 1 is 1.55 bits per heavy atom. The molecular weight excluding hydrogens is 136 g/mol. The van der Waals surface area contributed by atoms with Gasteiger partial charge in [0.05, 0.1) is 5.60 Å². The maximum absolute atomic E-state index is 5.78. The van der Waals surface area contributed by atoms with E-state index in [-0.39, 0.29) is 5.60 Å². The average molecular weight is 156 g/mol. The highest BCUT2D eigenvalue weighted by Gasteiger charge is 2.29. The van der Waals surface area contributed by atoms with Crippen molar-refractivity contribution in [1.29, 1.82) is 0 Å². The van der Waals surface area contributed by atoms with Crippen LogP contribution in [0.5, 0.6) is 0 Å². The van der Waals surface area contributed by atoms with Gasteiger partial charge in [0.15, 0.2) is 0 Å². The lowest BCUT2D eigenvalue weighted by molar-refractivity contribution is -0.0871. The van der Waals surface area contributed by atoms with E-state index < -0.39 is 0 Å². The number of hydrogen-bond donors (Lipinski definition) is 0. The first-order chi connectivity index (χ1) is 5.16. The summed E-state index contributed by atoms with van der Waals surface area (Å²) in [5.74, 6) is 0.861. The van der Waals surface area contributed by atoms with Gasteiger partial charge in [0.25, 0.3) is 0 Å². The second-order valence-corrected chi connectivity index (χ2v) is 4.15. The Morgan fingerprint density at radius 2 is 2.27 bits per heavy atom. The van der Waals surface area contributed by atoms with Crippen LogP contribution in [0.3, 0.4) is 0 Å². The van der Waals surface area contributed by atoms with Gasteiger partial charge in [-0.15, -0.1) is 0 Å². The molecule has 66 valence electrons. The molecule has 1 fully saturated rings. The molecule has 0 N–H and O–H groups in total. The Labute approximate surface area is 70.1 Å². The third kappa shape index (κ3) is 2.48. The second kappa shape index (κ2) is 3.57. The zero-order valence-electron chi connectivity index (χ0n) is 8.02. The van der Waals surface area contributed by atoms with Crippen molar-refractivity contribution in [1.82, 2.24) is 0 Å². The largest absolute Gasteiger partial charge is 0.375 e. The van der Waals surface area contributed by atoms with E-state index in [0.29, 0.717) is 0 Å². The minimum absolute atomic E-state index is 0.201. The van der Waals surface area contributed by atoms with Crippen molar-refractivity contribution < 1.29 is 4.74 Å². The maximum atomic E-state index is 5.78. The van der Waals surface area contributed by atoms with Gasteiger partial charge in [0, 0.05) is 6.61 Å². The molecule has 0 amide bonds. The summed E-state index contributed by atoms with van der Waals surface area (Å²) in [4.78, 5) is 0. The van der Waals surface area contributed by atoms with Crippen LogP contribution >= 0.6 is 0 Å². The lowest BCUT2D eigenvalue weighted by Crippen LogP contribution is -2.35. The minimum Gasteiger partial charge on any atom is -0.375 e. The SMILES string of the molecule is CCC[C@@]1(C)C[C@H](C)CCO1. The fourth-order valence-electron chi connectivity index (χ4n) is 2.11. The first-order valence-electron chi connectivity index (χ1n) is 4.80. The molecule has 0 aromatic rings. The van der Waals surface area contributed by atoms with Crippen molar-refractivity contribution in [3.63, 3.8) is 0 Å². The van der Waals surface area contributed by atoms with Crippen LogP contribution in [0.25, 0.3) is 0 Å². The Bertz CT molecular complexity index is 118. The predicted molar refractivity (Wildman–Crippen MR) is 47.7 cm³/mol. The molecule has 0 aromatic carbocycles. The lowest BCUT2D eigenvalue weighted by Gasteiger charge is -2.37. The fourth-order valence-corrected chi connectivity index (χ4v) is 2.11. The predicted octanol–water partition coefficient (Wildman–Crippen LogP) is 2.99. The Morgan fingerprint density at radius 3 is 2.82 bits per heavy atom. The van der Waals surface area contributed by atoms with Crippen molar-refractivity contribution in [2.75, 3.05) is 6.61 Å². The molecule has 0 unspecified atom stereocenters. The van der Waals surface area contributed by atoms with Gasteiger partial charge in [-0.2, -0.15) is 0 Å². The highest BCUT2D eigenvalue weighted by Crippen LogP contribution is 2.31. The van der Waals surface area contributed by atoms with E-state index in [0.717, 1.165) is 12.5 Å². The van der Waals surface area contributed by atoms with E-state index >= 15 is 0 Å². The van der Waals surface area contributed by atoms with Gasteiger partial charge in [0.2, 0.25) is 0 Å². The maximum Gasteiger partial charge on any atom is 0.0657 e. The zero-order chi connectivity index (χ0) is 8.32. The summed E-state index contributed by atoms with van der Waals surface area (Å²) in [5.41, 5.74) is 0.201. The molecule has 1 heterocycles. The zero-order valence-corrected chi connectivity index (χ0v) is 8.02. The molecule has 0 spiro atoms. The Balaban J connectivity index is 2.41. The summed E-state index contributed by atoms with van der Waals surface area (Å²) >= 11 is 0. The molecule has 1 heteroatoms. The Hall–Kier alpha value is -0.0400. The number of ether oxygens (including phenoxy) is 1. The van der Waals surface area contributed by atoms with Crippen LogP contribution in [0.2, 0.25) is 0 Å². The van der Waals surface area contributed by atoms with E-state index in [2.05, 4.69) is 20.8 Å². The first-order valence-corrected chi connectivity index (χ1v) is 4.80. The molecule has 1 rings (SSSR count). The van der Waals surface area contributed by atoms with E-state index in [4.69, 9.17) is 4.74 Å². The van der Waals surface area contributed by atoms with Crippen molar-refractivity contribution in [3.05, 3.63) is 0 Å².